The van der Waals surface area contributed by atoms with Crippen LogP contribution in [0.3, 0.4) is 0 Å². The van der Waals surface area contributed by atoms with E-state index in [-0.39, 0.29) is 13.2 Å². The molecule has 0 aromatic rings. The minimum absolute atomic E-state index is 0.177. The van der Waals surface area contributed by atoms with Crippen LogP contribution in [0, 0.1) is 0 Å². The second-order valence-electron chi connectivity index (χ2n) is 3.73. The van der Waals surface area contributed by atoms with Gasteiger partial charge in [0, 0.05) is 0 Å². The van der Waals surface area contributed by atoms with E-state index in [0.29, 0.717) is 4.91 Å². The molecule has 0 radical (unpaired) electrons. The number of thioether (sulfide) groups is 1. The summed E-state index contributed by atoms with van der Waals surface area (Å²) in [6.45, 7) is 5.87. The third-order valence-corrected chi connectivity index (χ3v) is 3.22. The van der Waals surface area contributed by atoms with Crippen LogP contribution in [0.15, 0.2) is 22.8 Å². The summed E-state index contributed by atoms with van der Waals surface area (Å²) in [6.07, 6.45) is 4.52. The Morgan fingerprint density at radius 1 is 1.05 bits per heavy atom. The highest BCUT2D eigenvalue weighted by molar-refractivity contribution is 8.03. The summed E-state index contributed by atoms with van der Waals surface area (Å²) in [5.74, 6) is -1.04. The molecule has 0 aliphatic heterocycles. The Kier molecular flexibility index (Phi) is 10.6. The second-order valence-corrected chi connectivity index (χ2v) is 4.86. The van der Waals surface area contributed by atoms with Crippen LogP contribution in [0.25, 0.3) is 0 Å². The first kappa shape index (κ1) is 18.6. The van der Waals surface area contributed by atoms with Crippen LogP contribution in [0.5, 0.6) is 0 Å². The molecule has 0 amide bonds. The van der Waals surface area contributed by atoms with Crippen LogP contribution in [-0.2, 0) is 19.1 Å². The highest BCUT2D eigenvalue weighted by Gasteiger charge is 2.12. The average molecular weight is 302 g/mol. The summed E-state index contributed by atoms with van der Waals surface area (Å²) >= 11 is 1.34. The maximum absolute atomic E-state index is 11.7. The fraction of sp³-hybridized carbons (Fsp3) is 0.571. The summed E-state index contributed by atoms with van der Waals surface area (Å²) in [4.78, 5) is 23.3. The molecule has 0 saturated heterocycles. The predicted octanol–water partition coefficient (Wildman–Crippen LogP) is 2.97. The fourth-order valence-corrected chi connectivity index (χ4v) is 2.13. The first-order valence-electron chi connectivity index (χ1n) is 6.64. The third-order valence-electron chi connectivity index (χ3n) is 2.11. The quantitative estimate of drug-likeness (QED) is 0.232. The lowest BCUT2D eigenvalue weighted by Crippen LogP contribution is -2.08. The first-order chi connectivity index (χ1) is 9.56. The number of hydrogen-bond acceptors (Lipinski definition) is 6. The lowest BCUT2D eigenvalue weighted by atomic mass is 10.4. The van der Waals surface area contributed by atoms with Crippen molar-refractivity contribution in [1.29, 1.82) is 0 Å². The normalized spacial score (nSPS) is 12.2. The van der Waals surface area contributed by atoms with Gasteiger partial charge in [0.05, 0.1) is 18.1 Å². The molecule has 0 rings (SSSR count). The van der Waals surface area contributed by atoms with Crippen LogP contribution in [0.2, 0.25) is 0 Å². The molecule has 0 fully saturated rings. The zero-order valence-electron chi connectivity index (χ0n) is 12.2. The van der Waals surface area contributed by atoms with Crippen molar-refractivity contribution in [2.24, 2.45) is 0 Å². The van der Waals surface area contributed by atoms with Crippen molar-refractivity contribution < 1.29 is 24.2 Å². The number of unbranched alkanes of at least 4 members (excludes halogenated alkanes) is 1. The molecule has 5 nitrogen and oxygen atoms in total. The van der Waals surface area contributed by atoms with Gasteiger partial charge < -0.3 is 14.6 Å². The molecule has 0 bridgehead atoms. The molecule has 6 heteroatoms. The lowest BCUT2D eigenvalue weighted by Gasteiger charge is -2.05. The highest BCUT2D eigenvalue weighted by atomic mass is 32.2. The minimum atomic E-state index is -0.814. The molecule has 0 heterocycles. The second kappa shape index (κ2) is 11.4. The average Bonchev–Trinajstić information content (AvgIpc) is 2.42. The largest absolute Gasteiger partial charge is 0.502 e. The number of carbonyl (C=O) groups excluding carboxylic acids is 2. The topological polar surface area (TPSA) is 72.8 Å². The molecule has 0 aliphatic carbocycles. The monoisotopic (exact) mass is 302 g/mol. The van der Waals surface area contributed by atoms with Crippen molar-refractivity contribution in [2.45, 2.75) is 33.6 Å². The zero-order chi connectivity index (χ0) is 15.4. The molecule has 0 saturated carbocycles. The van der Waals surface area contributed by atoms with Crippen LogP contribution in [0.4, 0.5) is 0 Å². The van der Waals surface area contributed by atoms with E-state index >= 15 is 0 Å². The van der Waals surface area contributed by atoms with Gasteiger partial charge in [0.25, 0.3) is 0 Å². The van der Waals surface area contributed by atoms with E-state index in [2.05, 4.69) is 11.7 Å². The van der Waals surface area contributed by atoms with E-state index < -0.39 is 17.7 Å². The summed E-state index contributed by atoms with van der Waals surface area (Å²) in [5.41, 5.74) is 0. The van der Waals surface area contributed by atoms with E-state index in [0.717, 1.165) is 24.7 Å². The molecular weight excluding hydrogens is 280 g/mol. The van der Waals surface area contributed by atoms with Crippen molar-refractivity contribution in [3.05, 3.63) is 22.8 Å². The van der Waals surface area contributed by atoms with Gasteiger partial charge in [-0.05, 0) is 38.2 Å². The van der Waals surface area contributed by atoms with Gasteiger partial charge in [-0.2, -0.15) is 0 Å². The van der Waals surface area contributed by atoms with Gasteiger partial charge in [-0.15, -0.1) is 11.8 Å². The Hall–Kier alpha value is -1.43. The number of aliphatic hydroxyl groups is 1. The number of esters is 2. The molecular formula is C14H22O5S. The number of allylic oxidation sites excluding steroid dienone is 2. The van der Waals surface area contributed by atoms with Crippen LogP contribution >= 0.6 is 11.8 Å². The molecule has 0 aromatic carbocycles. The van der Waals surface area contributed by atoms with Gasteiger partial charge in [-0.3, -0.25) is 0 Å². The summed E-state index contributed by atoms with van der Waals surface area (Å²) < 4.78 is 9.55. The van der Waals surface area contributed by atoms with Crippen molar-refractivity contribution in [2.75, 3.05) is 19.0 Å². The van der Waals surface area contributed by atoms with Gasteiger partial charge in [0.1, 0.15) is 0 Å². The molecule has 1 N–H and O–H groups in total. The summed E-state index contributed by atoms with van der Waals surface area (Å²) in [5, 5.41) is 9.46. The molecule has 0 atom stereocenters. The zero-order valence-corrected chi connectivity index (χ0v) is 13.0. The maximum atomic E-state index is 11.7. The lowest BCUT2D eigenvalue weighted by molar-refractivity contribution is -0.141. The molecule has 0 aromatic heterocycles. The minimum Gasteiger partial charge on any atom is -0.502 e. The van der Waals surface area contributed by atoms with Crippen molar-refractivity contribution in [1.82, 2.24) is 0 Å². The Balaban J connectivity index is 4.81. The highest BCUT2D eigenvalue weighted by Crippen LogP contribution is 2.19. The van der Waals surface area contributed by atoms with Gasteiger partial charge in [-0.1, -0.05) is 13.3 Å². The predicted molar refractivity (Wildman–Crippen MR) is 79.4 cm³/mol. The van der Waals surface area contributed by atoms with E-state index in [1.807, 2.05) is 0 Å². The Bertz CT molecular complexity index is 374. The van der Waals surface area contributed by atoms with E-state index in [4.69, 9.17) is 4.74 Å². The molecule has 20 heavy (non-hydrogen) atoms. The Morgan fingerprint density at radius 3 is 2.20 bits per heavy atom. The SMILES string of the molecule is CCCCSC(=CC=C(O)C(=O)OCC)C(=O)OCC. The van der Waals surface area contributed by atoms with Crippen LogP contribution < -0.4 is 0 Å². The number of aliphatic hydroxyl groups excluding tert-OH is 1. The number of hydrogen-bond donors (Lipinski definition) is 1. The van der Waals surface area contributed by atoms with E-state index in [1.165, 1.54) is 17.8 Å². The summed E-state index contributed by atoms with van der Waals surface area (Å²) in [6, 6.07) is 0. The number of rotatable bonds is 9. The Morgan fingerprint density at radius 2 is 1.65 bits per heavy atom. The van der Waals surface area contributed by atoms with Gasteiger partial charge in [0.2, 0.25) is 5.76 Å². The van der Waals surface area contributed by atoms with E-state index in [9.17, 15) is 14.7 Å². The van der Waals surface area contributed by atoms with Crippen LogP contribution in [0.1, 0.15) is 33.6 Å². The standard InChI is InChI=1S/C14H22O5S/c1-4-7-10-20-12(14(17)19-6-3)9-8-11(15)13(16)18-5-2/h8-9,15H,4-7,10H2,1-3H3. The van der Waals surface area contributed by atoms with Crippen molar-refractivity contribution >= 4 is 23.7 Å². The smallest absolute Gasteiger partial charge is 0.373 e. The van der Waals surface area contributed by atoms with Crippen LogP contribution in [-0.4, -0.2) is 36.0 Å². The molecule has 0 aliphatic rings. The molecule has 0 spiro atoms. The number of carbonyl (C=O) groups is 2. The van der Waals surface area contributed by atoms with Gasteiger partial charge in [0.15, 0.2) is 0 Å². The number of ether oxygens (including phenoxy) is 2. The Labute approximate surface area is 124 Å². The summed E-state index contributed by atoms with van der Waals surface area (Å²) in [7, 11) is 0. The van der Waals surface area contributed by atoms with E-state index in [1.54, 1.807) is 13.8 Å². The fourth-order valence-electron chi connectivity index (χ4n) is 1.13. The molecule has 114 valence electrons. The third kappa shape index (κ3) is 7.89. The molecule has 0 unspecified atom stereocenters. The van der Waals surface area contributed by atoms with Gasteiger partial charge >= 0.3 is 11.9 Å². The van der Waals surface area contributed by atoms with Gasteiger partial charge in [-0.25, -0.2) is 9.59 Å². The van der Waals surface area contributed by atoms with Crippen molar-refractivity contribution in [3.8, 4) is 0 Å². The first-order valence-corrected chi connectivity index (χ1v) is 7.63. The van der Waals surface area contributed by atoms with Crippen molar-refractivity contribution in [3.63, 3.8) is 0 Å². The maximum Gasteiger partial charge on any atom is 0.373 e.